The predicted octanol–water partition coefficient (Wildman–Crippen LogP) is 2.73. The molecule has 0 saturated heterocycles. The summed E-state index contributed by atoms with van der Waals surface area (Å²) in [4.78, 5) is 14.9. The van der Waals surface area contributed by atoms with Crippen molar-refractivity contribution in [2.45, 2.75) is 13.5 Å². The van der Waals surface area contributed by atoms with Crippen molar-refractivity contribution in [1.82, 2.24) is 4.98 Å². The molecule has 1 heterocycles. The zero-order valence-corrected chi connectivity index (χ0v) is 10.0. The molecule has 1 aromatic heterocycles. The van der Waals surface area contributed by atoms with Gasteiger partial charge < -0.3 is 9.84 Å². The zero-order chi connectivity index (χ0) is 12.3. The van der Waals surface area contributed by atoms with Crippen LogP contribution in [0.25, 0.3) is 0 Å². The van der Waals surface area contributed by atoms with Crippen molar-refractivity contribution >= 4 is 17.3 Å². The lowest BCUT2D eigenvalue weighted by molar-refractivity contribution is 0.0696. The van der Waals surface area contributed by atoms with Crippen LogP contribution in [0, 0.1) is 6.92 Å². The molecule has 0 aliphatic rings. The van der Waals surface area contributed by atoms with E-state index in [9.17, 15) is 4.79 Å². The molecule has 0 amide bonds. The van der Waals surface area contributed by atoms with Crippen LogP contribution in [0.15, 0.2) is 29.1 Å². The van der Waals surface area contributed by atoms with Gasteiger partial charge in [-0.25, -0.2) is 9.78 Å². The van der Waals surface area contributed by atoms with Crippen molar-refractivity contribution < 1.29 is 14.6 Å². The van der Waals surface area contributed by atoms with Crippen LogP contribution in [0.4, 0.5) is 0 Å². The Hall–Kier alpha value is -1.88. The largest absolute Gasteiger partial charge is 0.487 e. The molecule has 0 radical (unpaired) electrons. The summed E-state index contributed by atoms with van der Waals surface area (Å²) in [5.74, 6) is -0.269. The molecule has 2 rings (SSSR count). The number of nitrogens with zero attached hydrogens (tertiary/aromatic N) is 1. The van der Waals surface area contributed by atoms with Crippen LogP contribution in [0.3, 0.4) is 0 Å². The summed E-state index contributed by atoms with van der Waals surface area (Å²) in [7, 11) is 0. The van der Waals surface area contributed by atoms with E-state index in [-0.39, 0.29) is 0 Å². The number of aromatic carboxylic acids is 1. The lowest BCUT2D eigenvalue weighted by Crippen LogP contribution is -2.01. The molecule has 0 spiro atoms. The molecule has 17 heavy (non-hydrogen) atoms. The Bertz CT molecular complexity index is 523. The number of aromatic nitrogens is 1. The van der Waals surface area contributed by atoms with Gasteiger partial charge in [-0.05, 0) is 30.7 Å². The van der Waals surface area contributed by atoms with E-state index in [2.05, 4.69) is 4.98 Å². The Morgan fingerprint density at radius 2 is 2.35 bits per heavy atom. The van der Waals surface area contributed by atoms with Crippen LogP contribution >= 0.6 is 11.3 Å². The standard InChI is InChI=1S/C12H11NO3S/c1-8-4-10(2-3-11(8)12(14)15)16-5-9-6-17-7-13-9/h2-4,6-7H,5H2,1H3,(H,14,15). The third kappa shape index (κ3) is 2.82. The van der Waals surface area contributed by atoms with Crippen LogP contribution in [0.1, 0.15) is 21.6 Å². The first-order valence-electron chi connectivity index (χ1n) is 5.00. The molecule has 5 heteroatoms. The second-order valence-electron chi connectivity index (χ2n) is 3.55. The van der Waals surface area contributed by atoms with E-state index in [0.717, 1.165) is 5.69 Å². The molecule has 0 unspecified atom stereocenters. The Balaban J connectivity index is 2.07. The number of rotatable bonds is 4. The molecule has 1 aromatic carbocycles. The normalized spacial score (nSPS) is 10.2. The average Bonchev–Trinajstić information content (AvgIpc) is 2.78. The van der Waals surface area contributed by atoms with Gasteiger partial charge in [-0.3, -0.25) is 0 Å². The monoisotopic (exact) mass is 249 g/mol. The number of hydrogen-bond donors (Lipinski definition) is 1. The van der Waals surface area contributed by atoms with E-state index < -0.39 is 5.97 Å². The van der Waals surface area contributed by atoms with Crippen molar-refractivity contribution in [2.24, 2.45) is 0 Å². The van der Waals surface area contributed by atoms with Gasteiger partial charge in [-0.2, -0.15) is 0 Å². The van der Waals surface area contributed by atoms with Gasteiger partial charge in [0.25, 0.3) is 0 Å². The lowest BCUT2D eigenvalue weighted by Gasteiger charge is -2.06. The highest BCUT2D eigenvalue weighted by Crippen LogP contribution is 2.18. The van der Waals surface area contributed by atoms with Crippen LogP contribution in [-0.2, 0) is 6.61 Å². The summed E-state index contributed by atoms with van der Waals surface area (Å²) in [6.45, 7) is 2.15. The second kappa shape index (κ2) is 4.97. The molecule has 0 aliphatic heterocycles. The molecular weight excluding hydrogens is 238 g/mol. The molecule has 2 aromatic rings. The number of thiazole rings is 1. The van der Waals surface area contributed by atoms with Gasteiger partial charge >= 0.3 is 5.97 Å². The molecule has 4 nitrogen and oxygen atoms in total. The third-order valence-electron chi connectivity index (χ3n) is 2.30. The second-order valence-corrected chi connectivity index (χ2v) is 4.27. The fourth-order valence-electron chi connectivity index (χ4n) is 1.43. The van der Waals surface area contributed by atoms with E-state index in [1.807, 2.05) is 5.38 Å². The Kier molecular flexibility index (Phi) is 3.39. The lowest BCUT2D eigenvalue weighted by atomic mass is 10.1. The minimum Gasteiger partial charge on any atom is -0.487 e. The van der Waals surface area contributed by atoms with Gasteiger partial charge in [-0.15, -0.1) is 11.3 Å². The highest BCUT2D eigenvalue weighted by molar-refractivity contribution is 7.07. The van der Waals surface area contributed by atoms with Crippen molar-refractivity contribution in [3.8, 4) is 5.75 Å². The molecule has 0 fully saturated rings. The summed E-state index contributed by atoms with van der Waals surface area (Å²) in [5, 5.41) is 10.8. The number of carbonyl (C=O) groups is 1. The summed E-state index contributed by atoms with van der Waals surface area (Å²) in [5.41, 5.74) is 3.60. The van der Waals surface area contributed by atoms with Gasteiger partial charge in [0.05, 0.1) is 16.8 Å². The summed E-state index contributed by atoms with van der Waals surface area (Å²) >= 11 is 1.52. The number of aryl methyl sites for hydroxylation is 1. The maximum Gasteiger partial charge on any atom is 0.335 e. The van der Waals surface area contributed by atoms with Gasteiger partial charge in [0.1, 0.15) is 12.4 Å². The first-order chi connectivity index (χ1) is 8.16. The predicted molar refractivity (Wildman–Crippen MR) is 64.6 cm³/mol. The number of benzene rings is 1. The summed E-state index contributed by atoms with van der Waals surface area (Å²) < 4.78 is 5.52. The van der Waals surface area contributed by atoms with Crippen LogP contribution in [-0.4, -0.2) is 16.1 Å². The Morgan fingerprint density at radius 1 is 1.53 bits per heavy atom. The van der Waals surface area contributed by atoms with Gasteiger partial charge in [-0.1, -0.05) is 0 Å². The van der Waals surface area contributed by atoms with Crippen molar-refractivity contribution in [3.63, 3.8) is 0 Å². The summed E-state index contributed by atoms with van der Waals surface area (Å²) in [6, 6.07) is 4.92. The molecule has 1 N–H and O–H groups in total. The number of carboxylic acids is 1. The maximum absolute atomic E-state index is 10.8. The number of hydrogen-bond acceptors (Lipinski definition) is 4. The van der Waals surface area contributed by atoms with E-state index in [0.29, 0.717) is 23.5 Å². The van der Waals surface area contributed by atoms with Crippen molar-refractivity contribution in [3.05, 3.63) is 45.9 Å². The topological polar surface area (TPSA) is 59.4 Å². The van der Waals surface area contributed by atoms with E-state index in [1.165, 1.54) is 11.3 Å². The van der Waals surface area contributed by atoms with Crippen molar-refractivity contribution in [2.75, 3.05) is 0 Å². The minimum absolute atomic E-state index is 0.297. The van der Waals surface area contributed by atoms with Gasteiger partial charge in [0.2, 0.25) is 0 Å². The molecule has 88 valence electrons. The van der Waals surface area contributed by atoms with E-state index in [4.69, 9.17) is 9.84 Å². The first-order valence-corrected chi connectivity index (χ1v) is 5.95. The Labute approximate surface area is 103 Å². The van der Waals surface area contributed by atoms with E-state index >= 15 is 0 Å². The van der Waals surface area contributed by atoms with Crippen LogP contribution < -0.4 is 4.74 Å². The highest BCUT2D eigenvalue weighted by Gasteiger charge is 2.07. The highest BCUT2D eigenvalue weighted by atomic mass is 32.1. The Morgan fingerprint density at radius 3 is 2.94 bits per heavy atom. The average molecular weight is 249 g/mol. The molecule has 0 aliphatic carbocycles. The minimum atomic E-state index is -0.923. The molecule has 0 saturated carbocycles. The SMILES string of the molecule is Cc1cc(OCc2cscn2)ccc1C(=O)O. The van der Waals surface area contributed by atoms with Crippen molar-refractivity contribution in [1.29, 1.82) is 0 Å². The number of ether oxygens (including phenoxy) is 1. The summed E-state index contributed by atoms with van der Waals surface area (Å²) in [6.07, 6.45) is 0. The molecule has 0 bridgehead atoms. The zero-order valence-electron chi connectivity index (χ0n) is 9.21. The molecular formula is C12H11NO3S. The van der Waals surface area contributed by atoms with Gasteiger partial charge in [0.15, 0.2) is 0 Å². The fourth-order valence-corrected chi connectivity index (χ4v) is 1.98. The smallest absolute Gasteiger partial charge is 0.335 e. The van der Waals surface area contributed by atoms with Gasteiger partial charge in [0, 0.05) is 5.38 Å². The van der Waals surface area contributed by atoms with Crippen LogP contribution in [0.5, 0.6) is 5.75 Å². The van der Waals surface area contributed by atoms with E-state index in [1.54, 1.807) is 30.6 Å². The number of carboxylic acid groups (broad SMARTS) is 1. The first kappa shape index (κ1) is 11.6. The quantitative estimate of drug-likeness (QED) is 0.905. The third-order valence-corrected chi connectivity index (χ3v) is 2.93. The van der Waals surface area contributed by atoms with Crippen LogP contribution in [0.2, 0.25) is 0 Å². The fraction of sp³-hybridized carbons (Fsp3) is 0.167. The molecule has 0 atom stereocenters. The maximum atomic E-state index is 10.8.